The summed E-state index contributed by atoms with van der Waals surface area (Å²) in [5.74, 6) is 0.784. The highest BCUT2D eigenvalue weighted by molar-refractivity contribution is 6.33. The van der Waals surface area contributed by atoms with Gasteiger partial charge in [0.25, 0.3) is 5.91 Å². The maximum atomic E-state index is 12.5. The quantitative estimate of drug-likeness (QED) is 0.302. The summed E-state index contributed by atoms with van der Waals surface area (Å²) >= 11 is 6.32. The van der Waals surface area contributed by atoms with Gasteiger partial charge in [0.15, 0.2) is 12.2 Å². The van der Waals surface area contributed by atoms with Gasteiger partial charge in [-0.1, -0.05) is 54.9 Å². The summed E-state index contributed by atoms with van der Waals surface area (Å²) < 4.78 is 11.6. The van der Waals surface area contributed by atoms with Crippen LogP contribution in [0.15, 0.2) is 83.3 Å². The Morgan fingerprint density at radius 2 is 1.85 bits per heavy atom. The summed E-state index contributed by atoms with van der Waals surface area (Å²) in [5.41, 5.74) is 3.90. The van der Waals surface area contributed by atoms with E-state index in [0.29, 0.717) is 27.9 Å². The molecule has 4 aromatic carbocycles. The van der Waals surface area contributed by atoms with Crippen molar-refractivity contribution in [3.8, 4) is 17.2 Å². The zero-order chi connectivity index (χ0) is 22.8. The number of halogens is 1. The minimum Gasteiger partial charge on any atom is -0.484 e. The molecule has 5 nitrogen and oxygen atoms in total. The Bertz CT molecular complexity index is 1480. The molecule has 1 amide bonds. The Balaban J connectivity index is 1.31. The fraction of sp³-hybridized carbons (Fsp3) is 0.111. The molecule has 0 bridgehead atoms. The average molecular weight is 457 g/mol. The molecule has 0 atom stereocenters. The van der Waals surface area contributed by atoms with Gasteiger partial charge in [-0.3, -0.25) is 4.79 Å². The first-order valence-corrected chi connectivity index (χ1v) is 11.1. The second kappa shape index (κ2) is 8.96. The largest absolute Gasteiger partial charge is 0.484 e. The number of nitrogens with one attached hydrogen (secondary N) is 1. The first-order valence-electron chi connectivity index (χ1n) is 10.7. The van der Waals surface area contributed by atoms with Gasteiger partial charge < -0.3 is 14.5 Å². The van der Waals surface area contributed by atoms with Crippen LogP contribution in [0.2, 0.25) is 5.02 Å². The fourth-order valence-electron chi connectivity index (χ4n) is 3.66. The lowest BCUT2D eigenvalue weighted by atomic mass is 10.1. The first kappa shape index (κ1) is 21.0. The SMILES string of the molecule is CCc1ccc2oc(-c3ccc(Cl)c(NC(=O)COc4ccc5ccccc5c4)c3)nc2c1. The van der Waals surface area contributed by atoms with Gasteiger partial charge in [0.1, 0.15) is 11.3 Å². The van der Waals surface area contributed by atoms with E-state index in [-0.39, 0.29) is 12.5 Å². The van der Waals surface area contributed by atoms with Crippen LogP contribution in [0.4, 0.5) is 5.69 Å². The Morgan fingerprint density at radius 3 is 2.70 bits per heavy atom. The first-order chi connectivity index (χ1) is 16.1. The maximum absolute atomic E-state index is 12.5. The molecule has 0 unspecified atom stereocenters. The number of aryl methyl sites for hydroxylation is 1. The van der Waals surface area contributed by atoms with Crippen LogP contribution in [0.3, 0.4) is 0 Å². The van der Waals surface area contributed by atoms with E-state index in [1.54, 1.807) is 12.1 Å². The number of oxazole rings is 1. The van der Waals surface area contributed by atoms with E-state index in [1.165, 1.54) is 5.56 Å². The molecular formula is C27H21ClN2O3. The Morgan fingerprint density at radius 1 is 1.00 bits per heavy atom. The number of benzene rings is 4. The molecular weight excluding hydrogens is 436 g/mol. The summed E-state index contributed by atoms with van der Waals surface area (Å²) in [5, 5.41) is 5.40. The van der Waals surface area contributed by atoms with Crippen molar-refractivity contribution in [1.82, 2.24) is 4.98 Å². The van der Waals surface area contributed by atoms with Crippen LogP contribution in [-0.2, 0) is 11.2 Å². The number of aromatic nitrogens is 1. The van der Waals surface area contributed by atoms with E-state index >= 15 is 0 Å². The van der Waals surface area contributed by atoms with Gasteiger partial charge in [0.05, 0.1) is 10.7 Å². The zero-order valence-electron chi connectivity index (χ0n) is 18.0. The van der Waals surface area contributed by atoms with E-state index < -0.39 is 0 Å². The summed E-state index contributed by atoms with van der Waals surface area (Å²) in [4.78, 5) is 17.1. The minimum atomic E-state index is -0.313. The van der Waals surface area contributed by atoms with Crippen molar-refractivity contribution < 1.29 is 13.9 Å². The molecule has 0 aliphatic rings. The lowest BCUT2D eigenvalue weighted by Gasteiger charge is -2.10. The molecule has 0 saturated heterocycles. The van der Waals surface area contributed by atoms with Crippen LogP contribution in [0.5, 0.6) is 5.75 Å². The number of rotatable bonds is 6. The smallest absolute Gasteiger partial charge is 0.262 e. The van der Waals surface area contributed by atoms with Crippen molar-refractivity contribution in [3.63, 3.8) is 0 Å². The number of hydrogen-bond donors (Lipinski definition) is 1. The molecule has 1 N–H and O–H groups in total. The normalized spacial score (nSPS) is 11.1. The van der Waals surface area contributed by atoms with Crippen LogP contribution in [0, 0.1) is 0 Å². The topological polar surface area (TPSA) is 64.4 Å². The van der Waals surface area contributed by atoms with E-state index in [2.05, 4.69) is 17.2 Å². The van der Waals surface area contributed by atoms with Crippen LogP contribution >= 0.6 is 11.6 Å². The van der Waals surface area contributed by atoms with Crippen molar-refractivity contribution in [2.24, 2.45) is 0 Å². The molecule has 5 rings (SSSR count). The second-order valence-electron chi connectivity index (χ2n) is 7.72. The van der Waals surface area contributed by atoms with Crippen molar-refractivity contribution in [2.45, 2.75) is 13.3 Å². The fourth-order valence-corrected chi connectivity index (χ4v) is 3.83. The van der Waals surface area contributed by atoms with Crippen molar-refractivity contribution in [2.75, 3.05) is 11.9 Å². The Labute approximate surface area is 196 Å². The second-order valence-corrected chi connectivity index (χ2v) is 8.12. The highest BCUT2D eigenvalue weighted by atomic mass is 35.5. The molecule has 1 heterocycles. The molecule has 0 aliphatic carbocycles. The minimum absolute atomic E-state index is 0.137. The summed E-state index contributed by atoms with van der Waals surface area (Å²) in [7, 11) is 0. The number of carbonyl (C=O) groups excluding carboxylic acids is 1. The number of hydrogen-bond acceptors (Lipinski definition) is 4. The van der Waals surface area contributed by atoms with Crippen LogP contribution in [0.1, 0.15) is 12.5 Å². The standard InChI is InChI=1S/C27H21ClN2O3/c1-2-17-7-12-25-24(13-17)30-27(33-25)20-9-11-22(28)23(15-20)29-26(31)16-32-21-10-8-18-5-3-4-6-19(18)14-21/h3-15H,2,16H2,1H3,(H,29,31). The number of carbonyl (C=O) groups is 1. The van der Waals surface area contributed by atoms with Crippen molar-refractivity contribution >= 4 is 45.1 Å². The van der Waals surface area contributed by atoms with Crippen LogP contribution < -0.4 is 10.1 Å². The average Bonchev–Trinajstić information content (AvgIpc) is 3.27. The molecule has 1 aromatic heterocycles. The molecule has 33 heavy (non-hydrogen) atoms. The van der Waals surface area contributed by atoms with Crippen molar-refractivity contribution in [3.05, 3.63) is 89.4 Å². The van der Waals surface area contributed by atoms with Gasteiger partial charge in [0.2, 0.25) is 5.89 Å². The third kappa shape index (κ3) is 4.54. The molecule has 164 valence electrons. The van der Waals surface area contributed by atoms with Gasteiger partial charge in [-0.15, -0.1) is 0 Å². The molecule has 0 radical (unpaired) electrons. The number of anilines is 1. The summed E-state index contributed by atoms with van der Waals surface area (Å²) in [6.45, 7) is 1.96. The molecule has 0 aliphatic heterocycles. The highest BCUT2D eigenvalue weighted by Gasteiger charge is 2.13. The Hall–Kier alpha value is -3.83. The third-order valence-electron chi connectivity index (χ3n) is 5.44. The summed E-state index contributed by atoms with van der Waals surface area (Å²) in [6.07, 6.45) is 0.927. The van der Waals surface area contributed by atoms with E-state index in [9.17, 15) is 4.79 Å². The molecule has 0 fully saturated rings. The third-order valence-corrected chi connectivity index (χ3v) is 5.77. The van der Waals surface area contributed by atoms with Gasteiger partial charge in [-0.2, -0.15) is 0 Å². The Kier molecular flexibility index (Phi) is 5.71. The maximum Gasteiger partial charge on any atom is 0.262 e. The molecule has 5 aromatic rings. The lowest BCUT2D eigenvalue weighted by Crippen LogP contribution is -2.20. The van der Waals surface area contributed by atoms with Gasteiger partial charge in [-0.25, -0.2) is 4.98 Å². The molecule has 6 heteroatoms. The van der Waals surface area contributed by atoms with Crippen LogP contribution in [-0.4, -0.2) is 17.5 Å². The monoisotopic (exact) mass is 456 g/mol. The molecule has 0 saturated carbocycles. The number of ether oxygens (including phenoxy) is 1. The van der Waals surface area contributed by atoms with Crippen LogP contribution in [0.25, 0.3) is 33.3 Å². The number of fused-ring (bicyclic) bond motifs is 2. The number of amides is 1. The van der Waals surface area contributed by atoms with Crippen molar-refractivity contribution in [1.29, 1.82) is 0 Å². The van der Waals surface area contributed by atoms with E-state index in [0.717, 1.165) is 28.3 Å². The zero-order valence-corrected chi connectivity index (χ0v) is 18.7. The predicted octanol–water partition coefficient (Wildman–Crippen LogP) is 6.88. The summed E-state index contributed by atoms with van der Waals surface area (Å²) in [6, 6.07) is 25.0. The van der Waals surface area contributed by atoms with E-state index in [4.69, 9.17) is 20.8 Å². The molecule has 0 spiro atoms. The predicted molar refractivity (Wildman–Crippen MR) is 132 cm³/mol. The number of nitrogens with zero attached hydrogens (tertiary/aromatic N) is 1. The van der Waals surface area contributed by atoms with Gasteiger partial charge >= 0.3 is 0 Å². The van der Waals surface area contributed by atoms with Gasteiger partial charge in [0, 0.05) is 5.56 Å². The lowest BCUT2D eigenvalue weighted by molar-refractivity contribution is -0.118. The highest BCUT2D eigenvalue weighted by Crippen LogP contribution is 2.31. The van der Waals surface area contributed by atoms with Gasteiger partial charge in [-0.05, 0) is 65.2 Å². The van der Waals surface area contributed by atoms with E-state index in [1.807, 2.05) is 66.7 Å².